The van der Waals surface area contributed by atoms with Crippen LogP contribution in [0.2, 0.25) is 0 Å². The highest BCUT2D eigenvalue weighted by molar-refractivity contribution is 5.93. The van der Waals surface area contributed by atoms with Gasteiger partial charge in [-0.2, -0.15) is 10.2 Å². The molecule has 1 aliphatic heterocycles. The zero-order valence-corrected chi connectivity index (χ0v) is 14.4. The first-order valence-electron chi connectivity index (χ1n) is 8.23. The van der Waals surface area contributed by atoms with Gasteiger partial charge in [0.1, 0.15) is 31.0 Å². The molecule has 1 unspecified atom stereocenters. The number of nitriles is 1. The number of fused-ring (bicyclic) bond motifs is 1. The molecule has 27 heavy (non-hydrogen) atoms. The highest BCUT2D eigenvalue weighted by atomic mass is 16.6. The minimum Gasteiger partial charge on any atom is -0.486 e. The molecule has 0 spiro atoms. The van der Waals surface area contributed by atoms with E-state index in [1.54, 1.807) is 25.1 Å². The van der Waals surface area contributed by atoms with Crippen LogP contribution in [-0.2, 0) is 0 Å². The fraction of sp³-hybridized carbons (Fsp3) is 0.222. The smallest absolute Gasteiger partial charge is 0.268 e. The van der Waals surface area contributed by atoms with Gasteiger partial charge >= 0.3 is 0 Å². The van der Waals surface area contributed by atoms with Crippen molar-refractivity contribution in [2.24, 2.45) is 0 Å². The predicted octanol–water partition coefficient (Wildman–Crippen LogP) is 1.87. The topological polar surface area (TPSA) is 126 Å². The molecule has 2 N–H and O–H groups in total. The molecule has 1 atom stereocenters. The first-order chi connectivity index (χ1) is 13.1. The first kappa shape index (κ1) is 16.7. The molecule has 0 saturated heterocycles. The highest BCUT2D eigenvalue weighted by Gasteiger charge is 2.25. The van der Waals surface area contributed by atoms with Crippen LogP contribution in [0, 0.1) is 18.3 Å². The molecule has 0 saturated carbocycles. The van der Waals surface area contributed by atoms with Gasteiger partial charge in [-0.25, -0.2) is 0 Å². The molecule has 3 aromatic rings. The number of aryl methyl sites for hydroxylation is 1. The summed E-state index contributed by atoms with van der Waals surface area (Å²) in [4.78, 5) is 19.6. The summed E-state index contributed by atoms with van der Waals surface area (Å²) in [6, 6.07) is 8.14. The summed E-state index contributed by atoms with van der Waals surface area (Å²) >= 11 is 0. The maximum atomic E-state index is 12.6. The third-order valence-corrected chi connectivity index (χ3v) is 4.03. The van der Waals surface area contributed by atoms with E-state index in [4.69, 9.17) is 19.3 Å². The SMILES string of the molecule is Cc1nc(C(NC(=O)c2cc(C#N)c[nH]2)c2ccc3c(c2)OCCO3)no1. The third kappa shape index (κ3) is 3.32. The lowest BCUT2D eigenvalue weighted by atomic mass is 10.0. The number of aromatic nitrogens is 3. The predicted molar refractivity (Wildman–Crippen MR) is 91.3 cm³/mol. The first-order valence-corrected chi connectivity index (χ1v) is 8.23. The summed E-state index contributed by atoms with van der Waals surface area (Å²) in [6.07, 6.45) is 1.46. The van der Waals surface area contributed by atoms with Crippen LogP contribution in [0.3, 0.4) is 0 Å². The van der Waals surface area contributed by atoms with Gasteiger partial charge in [0.05, 0.1) is 5.56 Å². The Morgan fingerprint density at radius 2 is 2.11 bits per heavy atom. The molecule has 0 aliphatic carbocycles. The van der Waals surface area contributed by atoms with Crippen molar-refractivity contribution in [2.45, 2.75) is 13.0 Å². The lowest BCUT2D eigenvalue weighted by molar-refractivity contribution is 0.0936. The summed E-state index contributed by atoms with van der Waals surface area (Å²) in [5.41, 5.74) is 1.33. The number of hydrogen-bond acceptors (Lipinski definition) is 7. The zero-order chi connectivity index (χ0) is 18.8. The van der Waals surface area contributed by atoms with Crippen LogP contribution in [-0.4, -0.2) is 34.2 Å². The van der Waals surface area contributed by atoms with Crippen molar-refractivity contribution >= 4 is 5.91 Å². The van der Waals surface area contributed by atoms with Gasteiger partial charge in [-0.1, -0.05) is 11.2 Å². The molecule has 9 nitrogen and oxygen atoms in total. The van der Waals surface area contributed by atoms with Gasteiger partial charge in [-0.05, 0) is 23.8 Å². The molecular formula is C18H15N5O4. The Labute approximate surface area is 153 Å². The van der Waals surface area contributed by atoms with Gasteiger partial charge in [0.25, 0.3) is 5.91 Å². The Morgan fingerprint density at radius 3 is 2.81 bits per heavy atom. The van der Waals surface area contributed by atoms with Crippen molar-refractivity contribution in [1.29, 1.82) is 5.26 Å². The minimum atomic E-state index is -0.667. The summed E-state index contributed by atoms with van der Waals surface area (Å²) in [5.74, 6) is 1.52. The molecule has 0 radical (unpaired) electrons. The average molecular weight is 365 g/mol. The van der Waals surface area contributed by atoms with Gasteiger partial charge < -0.3 is 24.3 Å². The van der Waals surface area contributed by atoms with E-state index < -0.39 is 11.9 Å². The number of rotatable bonds is 4. The Hall–Kier alpha value is -3.80. The van der Waals surface area contributed by atoms with E-state index in [1.165, 1.54) is 12.3 Å². The lowest BCUT2D eigenvalue weighted by Crippen LogP contribution is -2.30. The summed E-state index contributed by atoms with van der Waals surface area (Å²) < 4.78 is 16.2. The molecule has 2 aromatic heterocycles. The normalized spacial score (nSPS) is 13.6. The zero-order valence-electron chi connectivity index (χ0n) is 14.4. The van der Waals surface area contributed by atoms with E-state index in [9.17, 15) is 4.79 Å². The Morgan fingerprint density at radius 1 is 1.30 bits per heavy atom. The lowest BCUT2D eigenvalue weighted by Gasteiger charge is -2.21. The van der Waals surface area contributed by atoms with Crippen molar-refractivity contribution in [3.63, 3.8) is 0 Å². The molecule has 0 fully saturated rings. The fourth-order valence-electron chi connectivity index (χ4n) is 2.77. The third-order valence-electron chi connectivity index (χ3n) is 4.03. The Bertz CT molecular complexity index is 1030. The number of nitrogens with zero attached hydrogens (tertiary/aromatic N) is 3. The Balaban J connectivity index is 1.67. The number of carbonyl (C=O) groups excluding carboxylic acids is 1. The van der Waals surface area contributed by atoms with Gasteiger partial charge in [0.15, 0.2) is 17.3 Å². The second kappa shape index (κ2) is 6.84. The fourth-order valence-corrected chi connectivity index (χ4v) is 2.77. The van der Waals surface area contributed by atoms with Gasteiger partial charge in [-0.15, -0.1) is 0 Å². The summed E-state index contributed by atoms with van der Waals surface area (Å²) in [6.45, 7) is 2.61. The van der Waals surface area contributed by atoms with Crippen LogP contribution in [0.5, 0.6) is 11.5 Å². The van der Waals surface area contributed by atoms with Crippen molar-refractivity contribution in [3.8, 4) is 17.6 Å². The van der Waals surface area contributed by atoms with Crippen LogP contribution in [0.4, 0.5) is 0 Å². The molecule has 136 valence electrons. The summed E-state index contributed by atoms with van der Waals surface area (Å²) in [7, 11) is 0. The second-order valence-electron chi connectivity index (χ2n) is 5.89. The maximum absolute atomic E-state index is 12.6. The van der Waals surface area contributed by atoms with Crippen LogP contribution in [0.15, 0.2) is 35.0 Å². The van der Waals surface area contributed by atoms with Crippen LogP contribution < -0.4 is 14.8 Å². The number of aromatic amines is 1. The number of nitrogens with one attached hydrogen (secondary N) is 2. The van der Waals surface area contributed by atoms with E-state index >= 15 is 0 Å². The number of H-pyrrole nitrogens is 1. The van der Waals surface area contributed by atoms with Crippen molar-refractivity contribution in [1.82, 2.24) is 20.4 Å². The van der Waals surface area contributed by atoms with E-state index in [0.29, 0.717) is 47.6 Å². The molecule has 1 aromatic carbocycles. The quantitative estimate of drug-likeness (QED) is 0.722. The second-order valence-corrected chi connectivity index (χ2v) is 5.89. The molecular weight excluding hydrogens is 350 g/mol. The number of ether oxygens (including phenoxy) is 2. The number of amides is 1. The van der Waals surface area contributed by atoms with Gasteiger partial charge in [-0.3, -0.25) is 4.79 Å². The molecule has 1 amide bonds. The molecule has 9 heteroatoms. The number of hydrogen-bond donors (Lipinski definition) is 2. The number of carbonyl (C=O) groups is 1. The van der Waals surface area contributed by atoms with Crippen LogP contribution in [0.25, 0.3) is 0 Å². The molecule has 1 aliphatic rings. The van der Waals surface area contributed by atoms with Crippen LogP contribution >= 0.6 is 0 Å². The summed E-state index contributed by atoms with van der Waals surface area (Å²) in [5, 5.41) is 15.7. The molecule has 0 bridgehead atoms. The largest absolute Gasteiger partial charge is 0.486 e. The van der Waals surface area contributed by atoms with E-state index in [2.05, 4.69) is 20.4 Å². The van der Waals surface area contributed by atoms with E-state index in [-0.39, 0.29) is 5.69 Å². The van der Waals surface area contributed by atoms with Crippen LogP contribution in [0.1, 0.15) is 39.4 Å². The van der Waals surface area contributed by atoms with Crippen molar-refractivity contribution in [2.75, 3.05) is 13.2 Å². The molecule has 4 rings (SSSR count). The van der Waals surface area contributed by atoms with Gasteiger partial charge in [0.2, 0.25) is 5.89 Å². The van der Waals surface area contributed by atoms with E-state index in [0.717, 1.165) is 0 Å². The monoisotopic (exact) mass is 365 g/mol. The van der Waals surface area contributed by atoms with Gasteiger partial charge in [0, 0.05) is 13.1 Å². The van der Waals surface area contributed by atoms with Crippen molar-refractivity contribution in [3.05, 3.63) is 59.0 Å². The minimum absolute atomic E-state index is 0.259. The molecule has 3 heterocycles. The number of benzene rings is 1. The highest BCUT2D eigenvalue weighted by Crippen LogP contribution is 2.34. The van der Waals surface area contributed by atoms with Crippen molar-refractivity contribution < 1.29 is 18.8 Å². The standard InChI is InChI=1S/C18H15N5O4/c1-10-21-17(23-27-10)16(22-18(24)13-6-11(8-19)9-20-13)12-2-3-14-15(7-12)26-5-4-25-14/h2-3,6-7,9,16,20H,4-5H2,1H3,(H,22,24). The van der Waals surface area contributed by atoms with E-state index in [1.807, 2.05) is 6.07 Å². The average Bonchev–Trinajstić information content (AvgIpc) is 3.34. The Kier molecular flexibility index (Phi) is 4.22. The maximum Gasteiger partial charge on any atom is 0.268 e.